The summed E-state index contributed by atoms with van der Waals surface area (Å²) in [6.07, 6.45) is 7.94. The molecule has 1 saturated heterocycles. The van der Waals surface area contributed by atoms with Gasteiger partial charge in [0.15, 0.2) is 0 Å². The summed E-state index contributed by atoms with van der Waals surface area (Å²) in [6.45, 7) is 4.96. The minimum absolute atomic E-state index is 0.484. The molecule has 1 fully saturated rings. The Balaban J connectivity index is 1.30. The van der Waals surface area contributed by atoms with E-state index < -0.39 is 0 Å². The minimum Gasteiger partial charge on any atom is -0.383 e. The van der Waals surface area contributed by atoms with Crippen LogP contribution in [0.5, 0.6) is 0 Å². The molecule has 2 heterocycles. The number of ether oxygens (including phenoxy) is 1. The number of nitrogens with zero attached hydrogens (tertiary/aromatic N) is 3. The monoisotopic (exact) mass is 469 g/mol. The van der Waals surface area contributed by atoms with Crippen LogP contribution in [0.1, 0.15) is 35.2 Å². The van der Waals surface area contributed by atoms with E-state index in [4.69, 9.17) is 4.74 Å². The number of pyridine rings is 1. The number of hydrogen-bond donors (Lipinski definition) is 0. The van der Waals surface area contributed by atoms with E-state index in [2.05, 4.69) is 81.5 Å². The summed E-state index contributed by atoms with van der Waals surface area (Å²) in [4.78, 5) is 10.1. The molecule has 2 aliphatic rings. The van der Waals surface area contributed by atoms with Crippen molar-refractivity contribution in [2.75, 3.05) is 33.4 Å². The second-order valence-electron chi connectivity index (χ2n) is 10.2. The van der Waals surface area contributed by atoms with Gasteiger partial charge in [0.25, 0.3) is 0 Å². The van der Waals surface area contributed by atoms with Crippen LogP contribution in [0.15, 0.2) is 79.0 Å². The first-order chi connectivity index (χ1) is 17.3. The fourth-order valence-corrected chi connectivity index (χ4v) is 6.18. The zero-order chi connectivity index (χ0) is 23.9. The average Bonchev–Trinajstić information content (AvgIpc) is 3.36. The lowest BCUT2D eigenvalue weighted by molar-refractivity contribution is 0.0488. The third-order valence-electron chi connectivity index (χ3n) is 8.09. The molecule has 4 nitrogen and oxygen atoms in total. The Morgan fingerprint density at radius 1 is 0.914 bits per heavy atom. The summed E-state index contributed by atoms with van der Waals surface area (Å²) < 4.78 is 5.54. The molecule has 5 rings (SSSR count). The van der Waals surface area contributed by atoms with Crippen LogP contribution in [0.3, 0.4) is 0 Å². The van der Waals surface area contributed by atoms with Crippen molar-refractivity contribution >= 4 is 0 Å². The Bertz CT molecular complexity index is 1010. The molecule has 0 spiro atoms. The van der Waals surface area contributed by atoms with E-state index in [-0.39, 0.29) is 0 Å². The molecule has 184 valence electrons. The maximum absolute atomic E-state index is 5.54. The molecule has 0 amide bonds. The van der Waals surface area contributed by atoms with Crippen LogP contribution in [-0.2, 0) is 30.5 Å². The number of hydrogen-bond acceptors (Lipinski definition) is 4. The summed E-state index contributed by atoms with van der Waals surface area (Å²) >= 11 is 0. The SMILES string of the molecule is COCCN(Cc1ccccn1)C(Cc1ccccc1)C1CCN(C2Cc3ccccc3C2)CC1. The van der Waals surface area contributed by atoms with Gasteiger partial charge in [-0.1, -0.05) is 60.7 Å². The first kappa shape index (κ1) is 24.2. The zero-order valence-corrected chi connectivity index (χ0v) is 21.1. The Morgan fingerprint density at radius 2 is 1.60 bits per heavy atom. The highest BCUT2D eigenvalue weighted by molar-refractivity contribution is 5.33. The molecule has 35 heavy (non-hydrogen) atoms. The Kier molecular flexibility index (Phi) is 8.25. The van der Waals surface area contributed by atoms with E-state index in [1.54, 1.807) is 11.1 Å². The second kappa shape index (κ2) is 11.9. The van der Waals surface area contributed by atoms with Gasteiger partial charge in [-0.25, -0.2) is 0 Å². The molecule has 3 aromatic rings. The first-order valence-corrected chi connectivity index (χ1v) is 13.3. The summed E-state index contributed by atoms with van der Waals surface area (Å²) in [5.74, 6) is 0.677. The van der Waals surface area contributed by atoms with Crippen LogP contribution in [0.25, 0.3) is 0 Å². The van der Waals surface area contributed by atoms with Gasteiger partial charge in [-0.05, 0) is 79.9 Å². The summed E-state index contributed by atoms with van der Waals surface area (Å²) in [5, 5.41) is 0. The van der Waals surface area contributed by atoms with Crippen molar-refractivity contribution in [1.82, 2.24) is 14.8 Å². The Morgan fingerprint density at radius 3 is 2.26 bits per heavy atom. The van der Waals surface area contributed by atoms with E-state index in [1.807, 2.05) is 19.4 Å². The largest absolute Gasteiger partial charge is 0.383 e. The van der Waals surface area contributed by atoms with Crippen LogP contribution in [0, 0.1) is 5.92 Å². The summed E-state index contributed by atoms with van der Waals surface area (Å²) in [7, 11) is 1.81. The number of benzene rings is 2. The van der Waals surface area contributed by atoms with E-state index >= 15 is 0 Å². The van der Waals surface area contributed by atoms with Gasteiger partial charge in [-0.3, -0.25) is 14.8 Å². The highest BCUT2D eigenvalue weighted by Crippen LogP contribution is 2.32. The molecule has 1 aliphatic heterocycles. The second-order valence-corrected chi connectivity index (χ2v) is 10.2. The third kappa shape index (κ3) is 6.19. The standard InChI is InChI=1S/C31H39N3O/c1-35-20-19-34(24-29-13-7-8-16-32-29)31(21-25-9-3-2-4-10-25)26-14-17-33(18-15-26)30-22-27-11-5-6-12-28(27)23-30/h2-13,16,26,30-31H,14-15,17-24H2,1H3. The lowest BCUT2D eigenvalue weighted by atomic mass is 9.84. The number of fused-ring (bicyclic) bond motifs is 1. The van der Waals surface area contributed by atoms with E-state index in [9.17, 15) is 0 Å². The summed E-state index contributed by atoms with van der Waals surface area (Å²) in [5.41, 5.74) is 5.68. The molecular weight excluding hydrogens is 430 g/mol. The summed E-state index contributed by atoms with van der Waals surface area (Å²) in [6, 6.07) is 27.5. The molecular formula is C31H39N3O. The maximum Gasteiger partial charge on any atom is 0.0589 e. The average molecular weight is 470 g/mol. The van der Waals surface area contributed by atoms with E-state index in [0.717, 1.165) is 31.8 Å². The molecule has 0 N–H and O–H groups in total. The molecule has 2 aromatic carbocycles. The number of aromatic nitrogens is 1. The van der Waals surface area contributed by atoms with Crippen LogP contribution in [-0.4, -0.2) is 60.2 Å². The molecule has 0 bridgehead atoms. The van der Waals surface area contributed by atoms with Crippen molar-refractivity contribution < 1.29 is 4.74 Å². The van der Waals surface area contributed by atoms with Gasteiger partial charge >= 0.3 is 0 Å². The zero-order valence-electron chi connectivity index (χ0n) is 21.1. The lowest BCUT2D eigenvalue weighted by Gasteiger charge is -2.43. The predicted molar refractivity (Wildman–Crippen MR) is 142 cm³/mol. The van der Waals surface area contributed by atoms with Crippen molar-refractivity contribution in [2.24, 2.45) is 5.92 Å². The number of likely N-dealkylation sites (tertiary alicyclic amines) is 1. The number of rotatable bonds is 10. The van der Waals surface area contributed by atoms with Crippen molar-refractivity contribution in [2.45, 2.75) is 50.7 Å². The third-order valence-corrected chi connectivity index (χ3v) is 8.09. The van der Waals surface area contributed by atoms with Gasteiger partial charge in [0.05, 0.1) is 12.3 Å². The van der Waals surface area contributed by atoms with Crippen LogP contribution >= 0.6 is 0 Å². The van der Waals surface area contributed by atoms with Crippen molar-refractivity contribution in [3.05, 3.63) is 101 Å². The molecule has 4 heteroatoms. The van der Waals surface area contributed by atoms with Gasteiger partial charge in [0, 0.05) is 38.5 Å². The predicted octanol–water partition coefficient (Wildman–Crippen LogP) is 5.02. The molecule has 0 radical (unpaired) electrons. The van der Waals surface area contributed by atoms with Crippen molar-refractivity contribution in [3.63, 3.8) is 0 Å². The fraction of sp³-hybridized carbons (Fsp3) is 0.452. The highest BCUT2D eigenvalue weighted by atomic mass is 16.5. The molecule has 1 atom stereocenters. The van der Waals surface area contributed by atoms with Crippen molar-refractivity contribution in [1.29, 1.82) is 0 Å². The molecule has 1 unspecified atom stereocenters. The topological polar surface area (TPSA) is 28.6 Å². The lowest BCUT2D eigenvalue weighted by Crippen LogP contribution is -2.49. The van der Waals surface area contributed by atoms with E-state index in [1.165, 1.54) is 44.3 Å². The van der Waals surface area contributed by atoms with Crippen LogP contribution in [0.4, 0.5) is 0 Å². The smallest absolute Gasteiger partial charge is 0.0589 e. The first-order valence-electron chi connectivity index (χ1n) is 13.3. The van der Waals surface area contributed by atoms with Crippen molar-refractivity contribution in [3.8, 4) is 0 Å². The van der Waals surface area contributed by atoms with Crippen LogP contribution in [0.2, 0.25) is 0 Å². The molecule has 1 aliphatic carbocycles. The van der Waals surface area contributed by atoms with Gasteiger partial charge < -0.3 is 4.74 Å². The van der Waals surface area contributed by atoms with Crippen LogP contribution < -0.4 is 0 Å². The van der Waals surface area contributed by atoms with Gasteiger partial charge in [-0.2, -0.15) is 0 Å². The Hall–Kier alpha value is -2.53. The van der Waals surface area contributed by atoms with Gasteiger partial charge in [0.1, 0.15) is 0 Å². The number of piperidine rings is 1. The fourth-order valence-electron chi connectivity index (χ4n) is 6.18. The maximum atomic E-state index is 5.54. The minimum atomic E-state index is 0.484. The van der Waals surface area contributed by atoms with Gasteiger partial charge in [-0.15, -0.1) is 0 Å². The highest BCUT2D eigenvalue weighted by Gasteiger charge is 2.34. The molecule has 0 saturated carbocycles. The number of methoxy groups -OCH3 is 1. The Labute approximate surface area is 210 Å². The van der Waals surface area contributed by atoms with E-state index in [0.29, 0.717) is 18.0 Å². The molecule has 1 aromatic heterocycles. The van der Waals surface area contributed by atoms with Gasteiger partial charge in [0.2, 0.25) is 0 Å². The quantitative estimate of drug-likeness (QED) is 0.417. The normalized spacial score (nSPS) is 18.1.